The molecule has 1 aromatic rings. The van der Waals surface area contributed by atoms with Gasteiger partial charge in [0.25, 0.3) is 0 Å². The highest BCUT2D eigenvalue weighted by atomic mass is 16.5. The molecule has 5 nitrogen and oxygen atoms in total. The molecule has 0 saturated carbocycles. The number of aliphatic hydroxyl groups excluding tert-OH is 1. The molecule has 0 heterocycles. The molecule has 1 N–H and O–H groups in total. The average Bonchev–Trinajstić information content (AvgIpc) is 2.45. The zero-order valence-electron chi connectivity index (χ0n) is 13.4. The van der Waals surface area contributed by atoms with Crippen LogP contribution in [-0.4, -0.2) is 62.7 Å². The Bertz CT molecular complexity index is 398. The third-order valence-electron chi connectivity index (χ3n) is 2.94. The first-order chi connectivity index (χ1) is 10.0. The number of ether oxygens (including phenoxy) is 3. The minimum Gasteiger partial charge on any atom is -0.493 e. The van der Waals surface area contributed by atoms with Gasteiger partial charge in [-0.15, -0.1) is 0 Å². The number of hydrogen-bond acceptors (Lipinski definition) is 5. The Balaban J connectivity index is 2.25. The fourth-order valence-corrected chi connectivity index (χ4v) is 1.86. The van der Waals surface area contributed by atoms with Crippen LogP contribution in [0.5, 0.6) is 11.5 Å². The van der Waals surface area contributed by atoms with Crippen molar-refractivity contribution in [2.24, 2.45) is 0 Å². The Labute approximate surface area is 127 Å². The summed E-state index contributed by atoms with van der Waals surface area (Å²) in [7, 11) is 3.57. The first kappa shape index (κ1) is 17.8. The van der Waals surface area contributed by atoms with Crippen molar-refractivity contribution in [3.63, 3.8) is 0 Å². The van der Waals surface area contributed by atoms with Gasteiger partial charge in [-0.25, -0.2) is 0 Å². The van der Waals surface area contributed by atoms with Crippen LogP contribution in [0.2, 0.25) is 0 Å². The second-order valence-electron chi connectivity index (χ2n) is 5.30. The van der Waals surface area contributed by atoms with Crippen molar-refractivity contribution in [1.82, 2.24) is 4.90 Å². The Morgan fingerprint density at radius 3 is 2.48 bits per heavy atom. The minimum atomic E-state index is -0.483. The summed E-state index contributed by atoms with van der Waals surface area (Å²) in [6.45, 7) is 6.08. The van der Waals surface area contributed by atoms with E-state index >= 15 is 0 Å². The summed E-state index contributed by atoms with van der Waals surface area (Å²) in [6.07, 6.45) is -0.345. The van der Waals surface area contributed by atoms with Crippen LogP contribution < -0.4 is 9.47 Å². The highest BCUT2D eigenvalue weighted by Crippen LogP contribution is 2.25. The van der Waals surface area contributed by atoms with Crippen LogP contribution in [0.4, 0.5) is 0 Å². The molecule has 0 bridgehead atoms. The van der Waals surface area contributed by atoms with Gasteiger partial charge in [-0.3, -0.25) is 0 Å². The molecule has 0 saturated heterocycles. The van der Waals surface area contributed by atoms with E-state index in [4.69, 9.17) is 14.2 Å². The van der Waals surface area contributed by atoms with Crippen LogP contribution in [0.3, 0.4) is 0 Å². The van der Waals surface area contributed by atoms with Gasteiger partial charge in [0.05, 0.1) is 25.9 Å². The molecule has 1 unspecified atom stereocenters. The summed E-state index contributed by atoms with van der Waals surface area (Å²) in [4.78, 5) is 2.02. The highest BCUT2D eigenvalue weighted by Gasteiger charge is 2.10. The SMILES string of the molecule is COc1ccccc1OCCN(C)CC(O)COC(C)C. The summed E-state index contributed by atoms with van der Waals surface area (Å²) in [6, 6.07) is 7.56. The van der Waals surface area contributed by atoms with Gasteiger partial charge in [-0.2, -0.15) is 0 Å². The quantitative estimate of drug-likeness (QED) is 0.713. The zero-order valence-corrected chi connectivity index (χ0v) is 13.4. The lowest BCUT2D eigenvalue weighted by Gasteiger charge is -2.21. The first-order valence-electron chi connectivity index (χ1n) is 7.27. The van der Waals surface area contributed by atoms with E-state index in [2.05, 4.69) is 0 Å². The van der Waals surface area contributed by atoms with E-state index in [9.17, 15) is 5.11 Å². The molecule has 21 heavy (non-hydrogen) atoms. The predicted molar refractivity (Wildman–Crippen MR) is 83.1 cm³/mol. The molecule has 0 fully saturated rings. The maximum absolute atomic E-state index is 9.84. The molecular weight excluding hydrogens is 270 g/mol. The molecule has 0 aliphatic carbocycles. The van der Waals surface area contributed by atoms with E-state index in [0.717, 1.165) is 18.0 Å². The maximum Gasteiger partial charge on any atom is 0.161 e. The van der Waals surface area contributed by atoms with Crippen LogP contribution >= 0.6 is 0 Å². The van der Waals surface area contributed by atoms with Crippen LogP contribution in [0.25, 0.3) is 0 Å². The van der Waals surface area contributed by atoms with Crippen molar-refractivity contribution >= 4 is 0 Å². The molecule has 0 aromatic heterocycles. The molecule has 120 valence electrons. The summed E-state index contributed by atoms with van der Waals surface area (Å²) in [5.74, 6) is 1.46. The fourth-order valence-electron chi connectivity index (χ4n) is 1.86. The van der Waals surface area contributed by atoms with E-state index in [0.29, 0.717) is 19.8 Å². The summed E-state index contributed by atoms with van der Waals surface area (Å²) in [5.41, 5.74) is 0. The average molecular weight is 297 g/mol. The molecule has 0 aliphatic rings. The van der Waals surface area contributed by atoms with Gasteiger partial charge >= 0.3 is 0 Å². The van der Waals surface area contributed by atoms with Gasteiger partial charge in [0.1, 0.15) is 6.61 Å². The lowest BCUT2D eigenvalue weighted by Crippen LogP contribution is -2.35. The lowest BCUT2D eigenvalue weighted by molar-refractivity contribution is -0.00651. The Kier molecular flexibility index (Phi) is 8.12. The molecule has 1 aromatic carbocycles. The lowest BCUT2D eigenvalue weighted by atomic mass is 10.3. The van der Waals surface area contributed by atoms with E-state index in [1.54, 1.807) is 7.11 Å². The number of hydrogen-bond donors (Lipinski definition) is 1. The standard InChI is InChI=1S/C16H27NO4/c1-13(2)21-12-14(18)11-17(3)9-10-20-16-8-6-5-7-15(16)19-4/h5-8,13-14,18H,9-12H2,1-4H3. The van der Waals surface area contributed by atoms with Gasteiger partial charge in [0, 0.05) is 13.1 Å². The molecular formula is C16H27NO4. The Morgan fingerprint density at radius 1 is 1.19 bits per heavy atom. The van der Waals surface area contributed by atoms with Gasteiger partial charge in [-0.05, 0) is 33.0 Å². The largest absolute Gasteiger partial charge is 0.493 e. The molecule has 0 radical (unpaired) electrons. The molecule has 0 amide bonds. The number of methoxy groups -OCH3 is 1. The van der Waals surface area contributed by atoms with Crippen LogP contribution in [0.1, 0.15) is 13.8 Å². The zero-order chi connectivity index (χ0) is 15.7. The van der Waals surface area contributed by atoms with Crippen molar-refractivity contribution in [2.75, 3.05) is 40.5 Å². The predicted octanol–water partition coefficient (Wildman–Crippen LogP) is 1.79. The van der Waals surface area contributed by atoms with Crippen molar-refractivity contribution in [1.29, 1.82) is 0 Å². The Morgan fingerprint density at radius 2 is 1.86 bits per heavy atom. The molecule has 0 spiro atoms. The smallest absolute Gasteiger partial charge is 0.161 e. The van der Waals surface area contributed by atoms with Crippen LogP contribution in [0, 0.1) is 0 Å². The van der Waals surface area contributed by atoms with Crippen molar-refractivity contribution in [2.45, 2.75) is 26.1 Å². The molecule has 5 heteroatoms. The van der Waals surface area contributed by atoms with E-state index in [1.807, 2.05) is 50.1 Å². The third-order valence-corrected chi connectivity index (χ3v) is 2.94. The van der Waals surface area contributed by atoms with E-state index in [1.165, 1.54) is 0 Å². The van der Waals surface area contributed by atoms with E-state index in [-0.39, 0.29) is 6.10 Å². The summed E-state index contributed by atoms with van der Waals surface area (Å²) >= 11 is 0. The minimum absolute atomic E-state index is 0.138. The maximum atomic E-state index is 9.84. The van der Waals surface area contributed by atoms with Crippen molar-refractivity contribution in [3.05, 3.63) is 24.3 Å². The Hall–Kier alpha value is -1.30. The van der Waals surface area contributed by atoms with Crippen LogP contribution in [-0.2, 0) is 4.74 Å². The third kappa shape index (κ3) is 7.32. The number of likely N-dealkylation sites (N-methyl/N-ethyl adjacent to an activating group) is 1. The topological polar surface area (TPSA) is 51.2 Å². The number of rotatable bonds is 10. The van der Waals surface area contributed by atoms with Gasteiger partial charge in [-0.1, -0.05) is 12.1 Å². The highest BCUT2D eigenvalue weighted by molar-refractivity contribution is 5.39. The normalized spacial score (nSPS) is 12.7. The molecule has 1 rings (SSSR count). The number of aliphatic hydroxyl groups is 1. The van der Waals surface area contributed by atoms with Gasteiger partial charge < -0.3 is 24.2 Å². The summed E-state index contributed by atoms with van der Waals surface area (Å²) in [5, 5.41) is 9.84. The first-order valence-corrected chi connectivity index (χ1v) is 7.27. The van der Waals surface area contributed by atoms with Crippen molar-refractivity contribution in [3.8, 4) is 11.5 Å². The molecule has 0 aliphatic heterocycles. The number of nitrogens with zero attached hydrogens (tertiary/aromatic N) is 1. The second kappa shape index (κ2) is 9.60. The molecule has 1 atom stereocenters. The summed E-state index contributed by atoms with van der Waals surface area (Å²) < 4.78 is 16.3. The number of para-hydroxylation sites is 2. The van der Waals surface area contributed by atoms with Crippen LogP contribution in [0.15, 0.2) is 24.3 Å². The monoisotopic (exact) mass is 297 g/mol. The van der Waals surface area contributed by atoms with Gasteiger partial charge in [0.15, 0.2) is 11.5 Å². The van der Waals surface area contributed by atoms with Gasteiger partial charge in [0.2, 0.25) is 0 Å². The second-order valence-corrected chi connectivity index (χ2v) is 5.30. The number of benzene rings is 1. The van der Waals surface area contributed by atoms with E-state index < -0.39 is 6.10 Å². The van der Waals surface area contributed by atoms with Crippen molar-refractivity contribution < 1.29 is 19.3 Å². The fraction of sp³-hybridized carbons (Fsp3) is 0.625.